The Morgan fingerprint density at radius 3 is 2.50 bits per heavy atom. The maximum atomic E-state index is 12.6. The largest absolute Gasteiger partial charge is 0.339 e. The van der Waals surface area contributed by atoms with Crippen LogP contribution in [0, 0.1) is 13.8 Å². The van der Waals surface area contributed by atoms with E-state index in [1.807, 2.05) is 55.4 Å². The summed E-state index contributed by atoms with van der Waals surface area (Å²) in [6.07, 6.45) is 4.26. The summed E-state index contributed by atoms with van der Waals surface area (Å²) in [6, 6.07) is 13.9. The Hall–Kier alpha value is -3.56. The smallest absolute Gasteiger partial charge is 0.234 e. The molecule has 0 aliphatic carbocycles. The fourth-order valence-electron chi connectivity index (χ4n) is 3.98. The standard InChI is InChI=1S/C27H32N6O2S/c1-6-20-8-7-9-24(18(20)2)31-27-23-14-21(10-11-25(23)29-17-30-27)22-15-26(19(3)28-16-22)32-36(34,35)13-12-33(4)5/h7-11,14-17,32H,6,12-13H2,1-5H3,(H,29,30,31). The zero-order valence-electron chi connectivity index (χ0n) is 21.3. The van der Waals surface area contributed by atoms with E-state index < -0.39 is 10.0 Å². The monoisotopic (exact) mass is 504 g/mol. The number of nitrogens with zero attached hydrogens (tertiary/aromatic N) is 4. The molecule has 2 aromatic carbocycles. The Morgan fingerprint density at radius 2 is 1.75 bits per heavy atom. The SMILES string of the molecule is CCc1cccc(Nc2ncnc3ccc(-c4cnc(C)c(NS(=O)(=O)CCN(C)C)c4)cc23)c1C. The van der Waals surface area contributed by atoms with Gasteiger partial charge in [0, 0.05) is 29.4 Å². The third-order valence-electron chi connectivity index (χ3n) is 6.21. The fourth-order valence-corrected chi connectivity index (χ4v) is 5.23. The second kappa shape index (κ2) is 10.6. The van der Waals surface area contributed by atoms with E-state index in [2.05, 4.69) is 44.9 Å². The van der Waals surface area contributed by atoms with Gasteiger partial charge < -0.3 is 10.2 Å². The first-order valence-corrected chi connectivity index (χ1v) is 13.5. The fraction of sp³-hybridized carbons (Fsp3) is 0.296. The molecule has 0 fully saturated rings. The van der Waals surface area contributed by atoms with Gasteiger partial charge in [0.15, 0.2) is 0 Å². The molecule has 0 atom stereocenters. The number of hydrogen-bond donors (Lipinski definition) is 2. The van der Waals surface area contributed by atoms with Crippen LogP contribution in [-0.2, 0) is 16.4 Å². The lowest BCUT2D eigenvalue weighted by Crippen LogP contribution is -2.26. The zero-order chi connectivity index (χ0) is 25.9. The van der Waals surface area contributed by atoms with Gasteiger partial charge in [-0.15, -0.1) is 0 Å². The molecule has 0 saturated carbocycles. The summed E-state index contributed by atoms with van der Waals surface area (Å²) in [5, 5.41) is 4.35. The van der Waals surface area contributed by atoms with E-state index in [1.54, 1.807) is 19.4 Å². The van der Waals surface area contributed by atoms with E-state index in [1.165, 1.54) is 11.1 Å². The molecule has 9 heteroatoms. The van der Waals surface area contributed by atoms with E-state index in [0.29, 0.717) is 23.7 Å². The second-order valence-corrected chi connectivity index (χ2v) is 10.9. The van der Waals surface area contributed by atoms with Crippen molar-refractivity contribution in [3.63, 3.8) is 0 Å². The Kier molecular flexibility index (Phi) is 7.51. The van der Waals surface area contributed by atoms with Gasteiger partial charge in [0.05, 0.1) is 22.7 Å². The minimum absolute atomic E-state index is 0.00462. The molecule has 4 rings (SSSR count). The number of rotatable bonds is 9. The number of anilines is 3. The molecule has 0 unspecified atom stereocenters. The maximum absolute atomic E-state index is 12.6. The molecular weight excluding hydrogens is 472 g/mol. The molecule has 188 valence electrons. The molecule has 36 heavy (non-hydrogen) atoms. The van der Waals surface area contributed by atoms with Gasteiger partial charge in [-0.1, -0.05) is 25.1 Å². The Bertz CT molecular complexity index is 1500. The molecule has 2 aromatic heterocycles. The van der Waals surface area contributed by atoms with Crippen LogP contribution >= 0.6 is 0 Å². The van der Waals surface area contributed by atoms with Crippen molar-refractivity contribution in [3.05, 3.63) is 71.8 Å². The number of sulfonamides is 1. The van der Waals surface area contributed by atoms with Crippen LogP contribution in [0.5, 0.6) is 0 Å². The zero-order valence-corrected chi connectivity index (χ0v) is 22.1. The highest BCUT2D eigenvalue weighted by Gasteiger charge is 2.15. The molecule has 8 nitrogen and oxygen atoms in total. The average molecular weight is 505 g/mol. The lowest BCUT2D eigenvalue weighted by molar-refractivity contribution is 0.432. The Labute approximate surface area is 212 Å². The molecule has 0 radical (unpaired) electrons. The van der Waals surface area contributed by atoms with Crippen molar-refractivity contribution in [3.8, 4) is 11.1 Å². The molecule has 2 heterocycles. The van der Waals surface area contributed by atoms with Crippen molar-refractivity contribution in [2.75, 3.05) is 36.4 Å². The summed E-state index contributed by atoms with van der Waals surface area (Å²) in [7, 11) is 0.190. The van der Waals surface area contributed by atoms with Gasteiger partial charge in [-0.05, 0) is 75.3 Å². The van der Waals surface area contributed by atoms with Crippen LogP contribution < -0.4 is 10.0 Å². The molecule has 4 aromatic rings. The van der Waals surface area contributed by atoms with Gasteiger partial charge in [0.1, 0.15) is 12.1 Å². The van der Waals surface area contributed by atoms with Crippen molar-refractivity contribution in [2.24, 2.45) is 0 Å². The second-order valence-electron chi connectivity index (χ2n) is 9.10. The van der Waals surface area contributed by atoms with E-state index in [-0.39, 0.29) is 5.75 Å². The molecule has 2 N–H and O–H groups in total. The molecule has 0 bridgehead atoms. The predicted molar refractivity (Wildman–Crippen MR) is 147 cm³/mol. The maximum Gasteiger partial charge on any atom is 0.234 e. The van der Waals surface area contributed by atoms with Crippen LogP contribution in [0.25, 0.3) is 22.0 Å². The number of benzene rings is 2. The third kappa shape index (κ3) is 5.80. The summed E-state index contributed by atoms with van der Waals surface area (Å²) < 4.78 is 27.9. The summed E-state index contributed by atoms with van der Waals surface area (Å²) in [4.78, 5) is 15.2. The van der Waals surface area contributed by atoms with Crippen molar-refractivity contribution in [1.29, 1.82) is 0 Å². The van der Waals surface area contributed by atoms with Gasteiger partial charge in [-0.2, -0.15) is 0 Å². The van der Waals surface area contributed by atoms with E-state index in [4.69, 9.17) is 0 Å². The first kappa shape index (κ1) is 25.5. The topological polar surface area (TPSA) is 100 Å². The molecule has 0 amide bonds. The van der Waals surface area contributed by atoms with Crippen LogP contribution in [0.1, 0.15) is 23.7 Å². The quantitative estimate of drug-likeness (QED) is 0.334. The van der Waals surface area contributed by atoms with Crippen LogP contribution in [0.4, 0.5) is 17.2 Å². The molecule has 0 spiro atoms. The normalized spacial score (nSPS) is 11.7. The van der Waals surface area contributed by atoms with Crippen molar-refractivity contribution < 1.29 is 8.42 Å². The highest BCUT2D eigenvalue weighted by molar-refractivity contribution is 7.92. The predicted octanol–water partition coefficient (Wildman–Crippen LogP) is 4.92. The number of fused-ring (bicyclic) bond motifs is 1. The van der Waals surface area contributed by atoms with Gasteiger partial charge >= 0.3 is 0 Å². The van der Waals surface area contributed by atoms with Gasteiger partial charge in [-0.25, -0.2) is 18.4 Å². The first-order chi connectivity index (χ1) is 17.2. The van der Waals surface area contributed by atoms with Crippen molar-refractivity contribution >= 4 is 38.1 Å². The number of aromatic nitrogens is 3. The number of hydrogen-bond acceptors (Lipinski definition) is 7. The third-order valence-corrected chi connectivity index (χ3v) is 7.46. The average Bonchev–Trinajstić information content (AvgIpc) is 2.85. The number of nitrogens with one attached hydrogen (secondary N) is 2. The first-order valence-electron chi connectivity index (χ1n) is 11.9. The number of aryl methyl sites for hydroxylation is 2. The minimum Gasteiger partial charge on any atom is -0.339 e. The summed E-state index contributed by atoms with van der Waals surface area (Å²) >= 11 is 0. The lowest BCUT2D eigenvalue weighted by Gasteiger charge is -2.15. The summed E-state index contributed by atoms with van der Waals surface area (Å²) in [6.45, 7) is 6.47. The Morgan fingerprint density at radius 1 is 0.944 bits per heavy atom. The van der Waals surface area contributed by atoms with E-state index in [0.717, 1.165) is 34.1 Å². The van der Waals surface area contributed by atoms with E-state index >= 15 is 0 Å². The van der Waals surface area contributed by atoms with Crippen LogP contribution in [0.3, 0.4) is 0 Å². The highest BCUT2D eigenvalue weighted by atomic mass is 32.2. The Balaban J connectivity index is 1.69. The van der Waals surface area contributed by atoms with Gasteiger partial charge in [-0.3, -0.25) is 9.71 Å². The molecule has 0 aliphatic rings. The van der Waals surface area contributed by atoms with Crippen LogP contribution in [0.2, 0.25) is 0 Å². The molecule has 0 saturated heterocycles. The summed E-state index contributed by atoms with van der Waals surface area (Å²) in [5.41, 5.74) is 7.07. The van der Waals surface area contributed by atoms with Crippen LogP contribution in [0.15, 0.2) is 55.0 Å². The van der Waals surface area contributed by atoms with Gasteiger partial charge in [0.25, 0.3) is 0 Å². The van der Waals surface area contributed by atoms with Crippen molar-refractivity contribution in [2.45, 2.75) is 27.2 Å². The van der Waals surface area contributed by atoms with Crippen molar-refractivity contribution in [1.82, 2.24) is 19.9 Å². The molecule has 0 aliphatic heterocycles. The lowest BCUT2D eigenvalue weighted by atomic mass is 10.0. The van der Waals surface area contributed by atoms with Gasteiger partial charge in [0.2, 0.25) is 10.0 Å². The highest BCUT2D eigenvalue weighted by Crippen LogP contribution is 2.31. The van der Waals surface area contributed by atoms with E-state index in [9.17, 15) is 8.42 Å². The summed E-state index contributed by atoms with van der Waals surface area (Å²) in [5.74, 6) is 0.716. The molecular formula is C27H32N6O2S. The van der Waals surface area contributed by atoms with Crippen LogP contribution in [-0.4, -0.2) is 54.7 Å². The minimum atomic E-state index is -3.50. The number of pyridine rings is 1.